The highest BCUT2D eigenvalue weighted by atomic mass is 35.5. The summed E-state index contributed by atoms with van der Waals surface area (Å²) < 4.78 is 45.9. The van der Waals surface area contributed by atoms with Gasteiger partial charge in [-0.3, -0.25) is 5.73 Å². The lowest BCUT2D eigenvalue weighted by Crippen LogP contribution is -2.35. The average molecular weight is 427 g/mol. The standard InChI is InChI=1S/C20H22ClF3N4O/c1-11(2)8-12(3)19(25)29-16-5-4-13(9-14(16)21)15-6-7-26-18-10-17(20(22,23)24)27-28(15)18/h4-7,9-12,19H,8,25H2,1-3H3/t12?,19-/m0/s1. The summed E-state index contributed by atoms with van der Waals surface area (Å²) in [6, 6.07) is 7.44. The second-order valence-corrected chi connectivity index (χ2v) is 7.87. The molecule has 3 rings (SSSR count). The van der Waals surface area contributed by atoms with Crippen LogP contribution in [0.4, 0.5) is 13.2 Å². The maximum atomic E-state index is 13.0. The maximum absolute atomic E-state index is 13.0. The molecule has 2 aromatic heterocycles. The third-order valence-corrected chi connectivity index (χ3v) is 4.84. The molecule has 9 heteroatoms. The van der Waals surface area contributed by atoms with E-state index < -0.39 is 18.1 Å². The third-order valence-electron chi connectivity index (χ3n) is 4.54. The number of rotatable bonds is 6. The van der Waals surface area contributed by atoms with Gasteiger partial charge in [0.05, 0.1) is 10.7 Å². The molecule has 2 N–H and O–H groups in total. The van der Waals surface area contributed by atoms with E-state index in [1.54, 1.807) is 24.3 Å². The van der Waals surface area contributed by atoms with Crippen molar-refractivity contribution >= 4 is 17.2 Å². The second-order valence-electron chi connectivity index (χ2n) is 7.46. The van der Waals surface area contributed by atoms with Crippen LogP contribution >= 0.6 is 11.6 Å². The molecule has 0 radical (unpaired) electrons. The molecule has 156 valence electrons. The number of fused-ring (bicyclic) bond motifs is 1. The van der Waals surface area contributed by atoms with Gasteiger partial charge in [-0.05, 0) is 36.6 Å². The van der Waals surface area contributed by atoms with Gasteiger partial charge < -0.3 is 4.74 Å². The first-order valence-electron chi connectivity index (χ1n) is 9.20. The fourth-order valence-corrected chi connectivity index (χ4v) is 3.37. The minimum Gasteiger partial charge on any atom is -0.474 e. The largest absolute Gasteiger partial charge is 0.474 e. The summed E-state index contributed by atoms with van der Waals surface area (Å²) in [5.74, 6) is 1.04. The van der Waals surface area contributed by atoms with Crippen molar-refractivity contribution in [2.45, 2.75) is 39.6 Å². The highest BCUT2D eigenvalue weighted by Crippen LogP contribution is 2.33. The Hall–Kier alpha value is -2.32. The number of hydrogen-bond acceptors (Lipinski definition) is 4. The van der Waals surface area contributed by atoms with Gasteiger partial charge in [0.1, 0.15) is 12.0 Å². The van der Waals surface area contributed by atoms with Crippen LogP contribution in [-0.4, -0.2) is 20.8 Å². The van der Waals surface area contributed by atoms with E-state index in [4.69, 9.17) is 22.1 Å². The number of aromatic nitrogens is 3. The zero-order valence-electron chi connectivity index (χ0n) is 16.2. The van der Waals surface area contributed by atoms with Gasteiger partial charge >= 0.3 is 6.18 Å². The van der Waals surface area contributed by atoms with Gasteiger partial charge in [-0.15, -0.1) is 0 Å². The van der Waals surface area contributed by atoms with E-state index in [0.29, 0.717) is 27.9 Å². The molecule has 2 atom stereocenters. The number of halogens is 4. The lowest BCUT2D eigenvalue weighted by molar-refractivity contribution is -0.141. The minimum atomic E-state index is -4.55. The van der Waals surface area contributed by atoms with Gasteiger partial charge in [-0.2, -0.15) is 18.3 Å². The van der Waals surface area contributed by atoms with Gasteiger partial charge in [0.2, 0.25) is 0 Å². The Morgan fingerprint density at radius 2 is 1.90 bits per heavy atom. The molecule has 2 heterocycles. The average Bonchev–Trinajstić information content (AvgIpc) is 3.07. The first-order valence-corrected chi connectivity index (χ1v) is 9.58. The number of alkyl halides is 3. The van der Waals surface area contributed by atoms with E-state index in [2.05, 4.69) is 23.9 Å². The normalized spacial score (nSPS) is 14.4. The van der Waals surface area contributed by atoms with Crippen LogP contribution in [0, 0.1) is 11.8 Å². The number of nitrogens with zero attached hydrogens (tertiary/aromatic N) is 3. The Kier molecular flexibility index (Phi) is 6.05. The quantitative estimate of drug-likeness (QED) is 0.535. The van der Waals surface area contributed by atoms with Crippen LogP contribution in [0.2, 0.25) is 5.02 Å². The van der Waals surface area contributed by atoms with E-state index in [-0.39, 0.29) is 11.6 Å². The number of ether oxygens (including phenoxy) is 1. The summed E-state index contributed by atoms with van der Waals surface area (Å²) in [4.78, 5) is 3.95. The van der Waals surface area contributed by atoms with E-state index in [1.165, 1.54) is 6.20 Å². The highest BCUT2D eigenvalue weighted by Gasteiger charge is 2.34. The summed E-state index contributed by atoms with van der Waals surface area (Å²) in [7, 11) is 0. The molecule has 0 aliphatic heterocycles. The summed E-state index contributed by atoms with van der Waals surface area (Å²) in [5.41, 5.74) is 6.22. The number of nitrogens with two attached hydrogens (primary N) is 1. The van der Waals surface area contributed by atoms with Gasteiger partial charge in [0.25, 0.3) is 0 Å². The first kappa shape index (κ1) is 21.4. The predicted octanol–water partition coefficient (Wildman–Crippen LogP) is 5.41. The Bertz CT molecular complexity index is 1000. The Morgan fingerprint density at radius 3 is 2.52 bits per heavy atom. The first-order chi connectivity index (χ1) is 13.6. The van der Waals surface area contributed by atoms with E-state index in [1.807, 2.05) is 6.92 Å². The molecule has 1 aromatic carbocycles. The summed E-state index contributed by atoms with van der Waals surface area (Å²) >= 11 is 6.36. The topological polar surface area (TPSA) is 65.4 Å². The van der Waals surface area contributed by atoms with Crippen molar-refractivity contribution in [3.05, 3.63) is 47.2 Å². The van der Waals surface area contributed by atoms with Crippen molar-refractivity contribution in [1.82, 2.24) is 14.6 Å². The van der Waals surface area contributed by atoms with E-state index in [9.17, 15) is 13.2 Å². The highest BCUT2D eigenvalue weighted by molar-refractivity contribution is 6.32. The molecule has 0 spiro atoms. The molecule has 3 aromatic rings. The monoisotopic (exact) mass is 426 g/mol. The van der Waals surface area contributed by atoms with Crippen LogP contribution in [0.25, 0.3) is 16.9 Å². The molecular weight excluding hydrogens is 405 g/mol. The van der Waals surface area contributed by atoms with Crippen LogP contribution in [0.15, 0.2) is 36.5 Å². The van der Waals surface area contributed by atoms with Gasteiger partial charge in [-0.1, -0.05) is 32.4 Å². The van der Waals surface area contributed by atoms with Crippen LogP contribution in [0.1, 0.15) is 32.9 Å². The number of hydrogen-bond donors (Lipinski definition) is 1. The predicted molar refractivity (Wildman–Crippen MR) is 106 cm³/mol. The van der Waals surface area contributed by atoms with E-state index in [0.717, 1.165) is 17.0 Å². The second kappa shape index (κ2) is 8.20. The van der Waals surface area contributed by atoms with Crippen molar-refractivity contribution in [3.63, 3.8) is 0 Å². The Labute approximate surface area is 171 Å². The molecule has 0 saturated carbocycles. The summed E-state index contributed by atoms with van der Waals surface area (Å²) in [6.45, 7) is 6.23. The van der Waals surface area contributed by atoms with Crippen LogP contribution in [0.5, 0.6) is 5.75 Å². The third kappa shape index (κ3) is 4.82. The van der Waals surface area contributed by atoms with Crippen molar-refractivity contribution < 1.29 is 17.9 Å². The summed E-state index contributed by atoms with van der Waals surface area (Å²) in [6.07, 6.45) is -2.74. The SMILES string of the molecule is CC(C)CC(C)[C@@H](N)Oc1ccc(-c2ccnc3cc(C(F)(F)F)nn23)cc1Cl. The van der Waals surface area contributed by atoms with Gasteiger partial charge in [0.15, 0.2) is 11.3 Å². The Balaban J connectivity index is 1.90. The fraction of sp³-hybridized carbons (Fsp3) is 0.400. The molecule has 0 aliphatic rings. The maximum Gasteiger partial charge on any atom is 0.435 e. The Morgan fingerprint density at radius 1 is 1.17 bits per heavy atom. The lowest BCUT2D eigenvalue weighted by atomic mass is 9.98. The fourth-order valence-electron chi connectivity index (χ4n) is 3.15. The zero-order chi connectivity index (χ0) is 21.3. The smallest absolute Gasteiger partial charge is 0.435 e. The molecule has 5 nitrogen and oxygen atoms in total. The molecule has 0 amide bonds. The molecule has 0 aliphatic carbocycles. The van der Waals surface area contributed by atoms with Crippen molar-refractivity contribution in [2.24, 2.45) is 17.6 Å². The molecule has 0 bridgehead atoms. The molecule has 0 saturated heterocycles. The minimum absolute atomic E-state index is 0.0933. The number of benzene rings is 1. The van der Waals surface area contributed by atoms with Crippen molar-refractivity contribution in [2.75, 3.05) is 0 Å². The van der Waals surface area contributed by atoms with Crippen LogP contribution in [0.3, 0.4) is 0 Å². The molecule has 0 fully saturated rings. The van der Waals surface area contributed by atoms with E-state index >= 15 is 0 Å². The zero-order valence-corrected chi connectivity index (χ0v) is 17.0. The van der Waals surface area contributed by atoms with Gasteiger partial charge in [-0.25, -0.2) is 9.50 Å². The van der Waals surface area contributed by atoms with Crippen molar-refractivity contribution in [1.29, 1.82) is 0 Å². The molecular formula is C20H22ClF3N4O. The van der Waals surface area contributed by atoms with Gasteiger partial charge in [0, 0.05) is 23.7 Å². The van der Waals surface area contributed by atoms with Crippen LogP contribution in [-0.2, 0) is 6.18 Å². The molecule has 1 unspecified atom stereocenters. The van der Waals surface area contributed by atoms with Crippen molar-refractivity contribution in [3.8, 4) is 17.0 Å². The molecule has 29 heavy (non-hydrogen) atoms. The van der Waals surface area contributed by atoms with Crippen LogP contribution < -0.4 is 10.5 Å². The summed E-state index contributed by atoms with van der Waals surface area (Å²) in [5, 5.41) is 3.95. The lowest BCUT2D eigenvalue weighted by Gasteiger charge is -2.23.